The number of nitrogens with one attached hydrogen (secondary N) is 4. The highest BCUT2D eigenvalue weighted by Crippen LogP contribution is 2.29. The molecule has 4 N–H and O–H groups in total. The van der Waals surface area contributed by atoms with Crippen LogP contribution in [0.1, 0.15) is 37.6 Å². The number of hydrogen-bond donors (Lipinski definition) is 4. The first kappa shape index (κ1) is 26.0. The fourth-order valence-corrected chi connectivity index (χ4v) is 4.88. The lowest BCUT2D eigenvalue weighted by atomic mass is 9.92. The molecule has 0 aliphatic carbocycles. The van der Waals surface area contributed by atoms with Gasteiger partial charge in [-0.3, -0.25) is 15.3 Å². The Morgan fingerprint density at radius 3 is 2.49 bits per heavy atom. The quantitative estimate of drug-likeness (QED) is 0.212. The van der Waals surface area contributed by atoms with Crippen LogP contribution in [0.5, 0.6) is 0 Å². The number of pyridine rings is 2. The number of anilines is 2. The van der Waals surface area contributed by atoms with Crippen molar-refractivity contribution in [2.45, 2.75) is 39.0 Å². The Hall–Kier alpha value is -5.25. The second-order valence-electron chi connectivity index (χ2n) is 10.9. The van der Waals surface area contributed by atoms with Crippen LogP contribution in [0.2, 0.25) is 0 Å². The van der Waals surface area contributed by atoms with Crippen LogP contribution in [0.3, 0.4) is 0 Å². The average Bonchev–Trinajstić information content (AvgIpc) is 3.56. The number of H-pyrrole nitrogens is 2. The van der Waals surface area contributed by atoms with Crippen molar-refractivity contribution >= 4 is 39.6 Å². The van der Waals surface area contributed by atoms with E-state index in [0.29, 0.717) is 35.5 Å². The first-order chi connectivity index (χ1) is 19.8. The highest BCUT2D eigenvalue weighted by atomic mass is 16.2. The van der Waals surface area contributed by atoms with E-state index in [9.17, 15) is 9.59 Å². The second-order valence-corrected chi connectivity index (χ2v) is 10.9. The molecule has 41 heavy (non-hydrogen) atoms. The molecule has 10 heteroatoms. The standard InChI is InChI=1S/C31H30N8O2/c1-31(2,3)24-18-25(39(38-24)21-8-5-4-6-9-21)35-29(40)34-23-14-13-19(26-22(23)10-7-16-32-26)11-12-20-15-17-33-28-27(20)36-30(41)37-28/h4-10,13-18H,11-12H2,1-3H3,(H2,34,35,40)(H2,33,36,37,41). The molecule has 0 bridgehead atoms. The third kappa shape index (κ3) is 5.31. The highest BCUT2D eigenvalue weighted by molar-refractivity contribution is 6.06. The Bertz CT molecular complexity index is 1930. The number of para-hydroxylation sites is 1. The highest BCUT2D eigenvalue weighted by Gasteiger charge is 2.22. The topological polar surface area (TPSA) is 133 Å². The van der Waals surface area contributed by atoms with Gasteiger partial charge in [0, 0.05) is 29.3 Å². The Labute approximate surface area is 235 Å². The van der Waals surface area contributed by atoms with Gasteiger partial charge in [-0.25, -0.2) is 19.3 Å². The number of hydrogen-bond acceptors (Lipinski definition) is 5. The molecule has 6 aromatic rings. The molecule has 0 spiro atoms. The van der Waals surface area contributed by atoms with Gasteiger partial charge in [0.25, 0.3) is 0 Å². The van der Waals surface area contributed by atoms with Crippen LogP contribution in [0.15, 0.2) is 83.9 Å². The summed E-state index contributed by atoms with van der Waals surface area (Å²) in [5.74, 6) is 0.573. The Kier molecular flexibility index (Phi) is 6.58. The number of carbonyl (C=O) groups excluding carboxylic acids is 1. The van der Waals surface area contributed by atoms with Crippen LogP contribution < -0.4 is 16.3 Å². The number of rotatable bonds is 6. The van der Waals surface area contributed by atoms with Gasteiger partial charge in [-0.05, 0) is 60.4 Å². The number of carbonyl (C=O) groups is 1. The lowest BCUT2D eigenvalue weighted by Crippen LogP contribution is -2.21. The maximum Gasteiger partial charge on any atom is 0.325 e. The van der Waals surface area contributed by atoms with E-state index in [2.05, 4.69) is 51.3 Å². The number of fused-ring (bicyclic) bond motifs is 2. The summed E-state index contributed by atoms with van der Waals surface area (Å²) in [5, 5.41) is 11.6. The van der Waals surface area contributed by atoms with Gasteiger partial charge in [0.05, 0.1) is 28.1 Å². The van der Waals surface area contributed by atoms with Crippen LogP contribution in [0.4, 0.5) is 16.3 Å². The average molecular weight is 547 g/mol. The summed E-state index contributed by atoms with van der Waals surface area (Å²) in [5.41, 5.74) is 6.00. The molecule has 0 saturated heterocycles. The van der Waals surface area contributed by atoms with Crippen molar-refractivity contribution in [3.8, 4) is 5.69 Å². The number of nitrogens with zero attached hydrogens (tertiary/aromatic N) is 4. The fraction of sp³-hybridized carbons (Fsp3) is 0.194. The van der Waals surface area contributed by atoms with Gasteiger partial charge < -0.3 is 10.3 Å². The molecule has 206 valence electrons. The van der Waals surface area contributed by atoms with E-state index in [1.807, 2.05) is 66.7 Å². The van der Waals surface area contributed by atoms with Crippen LogP contribution >= 0.6 is 0 Å². The normalized spacial score (nSPS) is 11.7. The van der Waals surface area contributed by atoms with Crippen molar-refractivity contribution in [2.24, 2.45) is 0 Å². The summed E-state index contributed by atoms with van der Waals surface area (Å²) in [6.07, 6.45) is 4.82. The third-order valence-corrected chi connectivity index (χ3v) is 6.99. The van der Waals surface area contributed by atoms with Gasteiger partial charge in [0.2, 0.25) is 0 Å². The van der Waals surface area contributed by atoms with Gasteiger partial charge in [0.1, 0.15) is 5.82 Å². The Balaban J connectivity index is 1.25. The predicted molar refractivity (Wildman–Crippen MR) is 161 cm³/mol. The molecule has 0 radical (unpaired) electrons. The smallest absolute Gasteiger partial charge is 0.307 e. The van der Waals surface area contributed by atoms with E-state index >= 15 is 0 Å². The van der Waals surface area contributed by atoms with Gasteiger partial charge in [-0.2, -0.15) is 5.10 Å². The number of aryl methyl sites for hydroxylation is 2. The molecule has 4 aromatic heterocycles. The monoisotopic (exact) mass is 546 g/mol. The van der Waals surface area contributed by atoms with Crippen LogP contribution in [-0.4, -0.2) is 35.7 Å². The molecule has 0 fully saturated rings. The molecule has 0 unspecified atom stereocenters. The third-order valence-electron chi connectivity index (χ3n) is 6.99. The van der Waals surface area contributed by atoms with E-state index in [1.54, 1.807) is 17.1 Å². The molecule has 2 amide bonds. The zero-order chi connectivity index (χ0) is 28.6. The van der Waals surface area contributed by atoms with Crippen molar-refractivity contribution in [2.75, 3.05) is 10.6 Å². The molecular weight excluding hydrogens is 516 g/mol. The maximum atomic E-state index is 13.3. The number of urea groups is 1. The molecule has 6 rings (SSSR count). The predicted octanol–water partition coefficient (Wildman–Crippen LogP) is 5.71. The first-order valence-corrected chi connectivity index (χ1v) is 13.4. The zero-order valence-electron chi connectivity index (χ0n) is 23.0. The summed E-state index contributed by atoms with van der Waals surface area (Å²) in [7, 11) is 0. The van der Waals surface area contributed by atoms with Crippen LogP contribution in [-0.2, 0) is 18.3 Å². The summed E-state index contributed by atoms with van der Waals surface area (Å²) in [6.45, 7) is 6.26. The molecule has 10 nitrogen and oxygen atoms in total. The lowest BCUT2D eigenvalue weighted by Gasteiger charge is -2.14. The number of aromatic nitrogens is 6. The SMILES string of the molecule is CC(C)(C)c1cc(NC(=O)Nc2ccc(CCc3ccnc4[nH]c(=O)[nH]c34)c3ncccc23)n(-c2ccccc2)n1. The van der Waals surface area contributed by atoms with Crippen molar-refractivity contribution in [1.82, 2.24) is 29.7 Å². The van der Waals surface area contributed by atoms with Crippen molar-refractivity contribution in [3.63, 3.8) is 0 Å². The summed E-state index contributed by atoms with van der Waals surface area (Å²) in [4.78, 5) is 39.4. The van der Waals surface area contributed by atoms with Gasteiger partial charge in [-0.1, -0.05) is 45.0 Å². The minimum atomic E-state index is -0.379. The molecule has 0 aliphatic heterocycles. The van der Waals surface area contributed by atoms with Crippen molar-refractivity contribution in [3.05, 3.63) is 106 Å². The van der Waals surface area contributed by atoms with E-state index < -0.39 is 0 Å². The van der Waals surface area contributed by atoms with Gasteiger partial charge >= 0.3 is 11.7 Å². The molecule has 2 aromatic carbocycles. The molecule has 4 heterocycles. The van der Waals surface area contributed by atoms with Crippen molar-refractivity contribution in [1.29, 1.82) is 0 Å². The van der Waals surface area contributed by atoms with Crippen molar-refractivity contribution < 1.29 is 4.79 Å². The minimum Gasteiger partial charge on any atom is -0.307 e. The van der Waals surface area contributed by atoms with E-state index in [0.717, 1.165) is 33.4 Å². The van der Waals surface area contributed by atoms with E-state index in [4.69, 9.17) is 5.10 Å². The largest absolute Gasteiger partial charge is 0.325 e. The summed E-state index contributed by atoms with van der Waals surface area (Å²) >= 11 is 0. The molecule has 0 saturated carbocycles. The molecule has 0 atom stereocenters. The Morgan fingerprint density at radius 1 is 0.878 bits per heavy atom. The number of benzene rings is 2. The molecular formula is C31H30N8O2. The first-order valence-electron chi connectivity index (χ1n) is 13.4. The zero-order valence-corrected chi connectivity index (χ0v) is 23.0. The fourth-order valence-electron chi connectivity index (χ4n) is 4.88. The second kappa shape index (κ2) is 10.4. The lowest BCUT2D eigenvalue weighted by molar-refractivity contribution is 0.262. The number of aromatic amines is 2. The summed E-state index contributed by atoms with van der Waals surface area (Å²) in [6, 6.07) is 20.8. The maximum absolute atomic E-state index is 13.3. The number of imidazole rings is 1. The minimum absolute atomic E-state index is 0.191. The number of amides is 2. The van der Waals surface area contributed by atoms with Crippen LogP contribution in [0.25, 0.3) is 27.8 Å². The van der Waals surface area contributed by atoms with Gasteiger partial charge in [-0.15, -0.1) is 0 Å². The Morgan fingerprint density at radius 2 is 1.68 bits per heavy atom. The van der Waals surface area contributed by atoms with Crippen LogP contribution in [0, 0.1) is 0 Å². The van der Waals surface area contributed by atoms with E-state index in [1.165, 1.54) is 0 Å². The van der Waals surface area contributed by atoms with Gasteiger partial charge in [0.15, 0.2) is 5.65 Å². The van der Waals surface area contributed by atoms with E-state index in [-0.39, 0.29) is 17.1 Å². The molecule has 0 aliphatic rings. The summed E-state index contributed by atoms with van der Waals surface area (Å²) < 4.78 is 1.75.